The lowest BCUT2D eigenvalue weighted by atomic mass is 10.1. The van der Waals surface area contributed by atoms with Crippen molar-refractivity contribution in [2.24, 2.45) is 0 Å². The van der Waals surface area contributed by atoms with Crippen LogP contribution < -0.4 is 0 Å². The molecule has 0 unspecified atom stereocenters. The number of benzene rings is 1. The van der Waals surface area contributed by atoms with Gasteiger partial charge in [0.25, 0.3) is 0 Å². The van der Waals surface area contributed by atoms with E-state index >= 15 is 0 Å². The number of H-pyrrole nitrogens is 1. The Morgan fingerprint density at radius 3 is 2.60 bits per heavy atom. The first-order valence-electron chi connectivity index (χ1n) is 4.28. The summed E-state index contributed by atoms with van der Waals surface area (Å²) in [5, 5.41) is 0. The molecule has 0 aliphatic heterocycles. The van der Waals surface area contributed by atoms with E-state index in [1.807, 2.05) is 12.3 Å². The van der Waals surface area contributed by atoms with Crippen molar-refractivity contribution >= 4 is 47.8 Å². The highest BCUT2D eigenvalue weighted by molar-refractivity contribution is 9.14. The van der Waals surface area contributed by atoms with E-state index in [0.29, 0.717) is 0 Å². The summed E-state index contributed by atoms with van der Waals surface area (Å²) in [4.78, 5) is 7.08. The molecule has 15 heavy (non-hydrogen) atoms. The van der Waals surface area contributed by atoms with Crippen molar-refractivity contribution in [1.29, 1.82) is 0 Å². The predicted octanol–water partition coefficient (Wildman–Crippen LogP) is 4.29. The second kappa shape index (κ2) is 4.80. The van der Waals surface area contributed by atoms with Gasteiger partial charge < -0.3 is 4.98 Å². The lowest BCUT2D eigenvalue weighted by molar-refractivity contribution is 1.09. The molecule has 2 rings (SSSR count). The van der Waals surface area contributed by atoms with Crippen LogP contribution in [0.25, 0.3) is 0 Å². The van der Waals surface area contributed by atoms with Gasteiger partial charge >= 0.3 is 0 Å². The van der Waals surface area contributed by atoms with Crippen molar-refractivity contribution in [2.45, 2.75) is 6.42 Å². The van der Waals surface area contributed by atoms with E-state index in [-0.39, 0.29) is 0 Å². The number of hydrogen-bond acceptors (Lipinski definition) is 1. The van der Waals surface area contributed by atoms with E-state index in [2.05, 4.69) is 63.8 Å². The lowest BCUT2D eigenvalue weighted by Gasteiger charge is -2.06. The summed E-state index contributed by atoms with van der Waals surface area (Å²) >= 11 is 10.5. The molecule has 0 aliphatic carbocycles. The second-order valence-electron chi connectivity index (χ2n) is 3.09. The first-order chi connectivity index (χ1) is 7.18. The van der Waals surface area contributed by atoms with Gasteiger partial charge in [-0.05, 0) is 59.4 Å². The Kier molecular flexibility index (Phi) is 3.64. The molecule has 1 aromatic heterocycles. The van der Waals surface area contributed by atoms with Gasteiger partial charge in [-0.3, -0.25) is 0 Å². The Balaban J connectivity index is 2.34. The molecule has 2 aromatic rings. The van der Waals surface area contributed by atoms with Crippen LogP contribution >= 0.6 is 47.8 Å². The second-order valence-corrected chi connectivity index (χ2v) is 5.53. The zero-order valence-electron chi connectivity index (χ0n) is 7.60. The minimum absolute atomic E-state index is 0.840. The molecule has 0 spiro atoms. The molecule has 0 saturated carbocycles. The maximum Gasteiger partial charge on any atom is 0.0921 e. The van der Waals surface area contributed by atoms with Gasteiger partial charge in [-0.15, -0.1) is 0 Å². The van der Waals surface area contributed by atoms with Crippen LogP contribution in [0.15, 0.2) is 38.1 Å². The number of hydrogen-bond donors (Lipinski definition) is 1. The Labute approximate surface area is 113 Å². The number of nitrogens with zero attached hydrogens (tertiary/aromatic N) is 1. The standard InChI is InChI=1S/C10H7Br3N2/c11-8-2-1-6(9(12)10(8)13)3-7-4-14-5-15-7/h1-2,4-5H,3H2,(H,14,15). The minimum atomic E-state index is 0.840. The van der Waals surface area contributed by atoms with Crippen molar-refractivity contribution in [1.82, 2.24) is 9.97 Å². The van der Waals surface area contributed by atoms with E-state index < -0.39 is 0 Å². The number of nitrogens with one attached hydrogen (secondary N) is 1. The summed E-state index contributed by atoms with van der Waals surface area (Å²) in [5.74, 6) is 0. The fraction of sp³-hybridized carbons (Fsp3) is 0.100. The summed E-state index contributed by atoms with van der Waals surface area (Å²) in [6, 6.07) is 4.11. The molecule has 5 heteroatoms. The van der Waals surface area contributed by atoms with Crippen LogP contribution in [-0.4, -0.2) is 9.97 Å². The summed E-state index contributed by atoms with van der Waals surface area (Å²) in [6.07, 6.45) is 4.37. The maximum absolute atomic E-state index is 4.00. The maximum atomic E-state index is 4.00. The van der Waals surface area contributed by atoms with Crippen molar-refractivity contribution in [3.8, 4) is 0 Å². The molecule has 78 valence electrons. The molecule has 0 bridgehead atoms. The van der Waals surface area contributed by atoms with Crippen molar-refractivity contribution in [2.75, 3.05) is 0 Å². The third-order valence-corrected chi connectivity index (χ3v) is 5.51. The SMILES string of the molecule is Brc1ccc(Cc2cnc[nH]2)c(Br)c1Br. The highest BCUT2D eigenvalue weighted by atomic mass is 79.9. The lowest BCUT2D eigenvalue weighted by Crippen LogP contribution is -1.90. The third-order valence-electron chi connectivity index (χ3n) is 2.05. The van der Waals surface area contributed by atoms with Crippen LogP contribution in [0.2, 0.25) is 0 Å². The van der Waals surface area contributed by atoms with Crippen molar-refractivity contribution < 1.29 is 0 Å². The number of rotatable bonds is 2. The van der Waals surface area contributed by atoms with Gasteiger partial charge in [0.15, 0.2) is 0 Å². The Morgan fingerprint density at radius 1 is 1.13 bits per heavy atom. The largest absolute Gasteiger partial charge is 0.348 e. The Morgan fingerprint density at radius 2 is 1.93 bits per heavy atom. The van der Waals surface area contributed by atoms with E-state index in [1.165, 1.54) is 5.56 Å². The molecular weight excluding hydrogens is 388 g/mol. The molecule has 0 aliphatic rings. The number of imidazole rings is 1. The number of aromatic nitrogens is 2. The molecule has 1 heterocycles. The molecule has 0 radical (unpaired) electrons. The van der Waals surface area contributed by atoms with Gasteiger partial charge in [0.05, 0.1) is 6.33 Å². The molecular formula is C10H7Br3N2. The van der Waals surface area contributed by atoms with Crippen LogP contribution in [0.1, 0.15) is 11.3 Å². The highest BCUT2D eigenvalue weighted by Crippen LogP contribution is 2.34. The molecule has 0 saturated heterocycles. The Bertz CT molecular complexity index is 466. The molecule has 0 amide bonds. The van der Waals surface area contributed by atoms with Crippen LogP contribution in [-0.2, 0) is 6.42 Å². The first-order valence-corrected chi connectivity index (χ1v) is 6.66. The average molecular weight is 395 g/mol. The summed E-state index contributed by atoms with van der Waals surface area (Å²) in [5.41, 5.74) is 2.32. The van der Waals surface area contributed by atoms with Crippen molar-refractivity contribution in [3.05, 3.63) is 49.3 Å². The number of aromatic amines is 1. The van der Waals surface area contributed by atoms with Gasteiger partial charge in [-0.1, -0.05) is 6.07 Å². The van der Waals surface area contributed by atoms with Gasteiger partial charge in [-0.25, -0.2) is 4.98 Å². The van der Waals surface area contributed by atoms with Gasteiger partial charge in [0.1, 0.15) is 0 Å². The van der Waals surface area contributed by atoms with E-state index in [1.54, 1.807) is 6.33 Å². The Hall–Kier alpha value is -0.130. The molecule has 0 atom stereocenters. The van der Waals surface area contributed by atoms with Crippen LogP contribution in [0, 0.1) is 0 Å². The third kappa shape index (κ3) is 2.52. The molecule has 1 aromatic carbocycles. The fourth-order valence-electron chi connectivity index (χ4n) is 1.29. The van der Waals surface area contributed by atoms with Crippen molar-refractivity contribution in [3.63, 3.8) is 0 Å². The molecule has 2 nitrogen and oxygen atoms in total. The van der Waals surface area contributed by atoms with Crippen LogP contribution in [0.5, 0.6) is 0 Å². The number of halogens is 3. The zero-order chi connectivity index (χ0) is 10.8. The average Bonchev–Trinajstić information content (AvgIpc) is 2.72. The monoisotopic (exact) mass is 392 g/mol. The predicted molar refractivity (Wildman–Crippen MR) is 70.9 cm³/mol. The van der Waals surface area contributed by atoms with Gasteiger partial charge in [0, 0.05) is 31.7 Å². The summed E-state index contributed by atoms with van der Waals surface area (Å²) < 4.78 is 3.16. The van der Waals surface area contributed by atoms with E-state index in [4.69, 9.17) is 0 Å². The van der Waals surface area contributed by atoms with Crippen LogP contribution in [0.4, 0.5) is 0 Å². The van der Waals surface area contributed by atoms with Gasteiger partial charge in [-0.2, -0.15) is 0 Å². The summed E-state index contributed by atoms with van der Waals surface area (Å²) in [6.45, 7) is 0. The highest BCUT2D eigenvalue weighted by Gasteiger charge is 2.08. The van der Waals surface area contributed by atoms with E-state index in [9.17, 15) is 0 Å². The molecule has 1 N–H and O–H groups in total. The fourth-order valence-corrected chi connectivity index (χ4v) is 2.76. The first kappa shape index (κ1) is 11.4. The summed E-state index contributed by atoms with van der Waals surface area (Å²) in [7, 11) is 0. The smallest absolute Gasteiger partial charge is 0.0921 e. The normalized spacial score (nSPS) is 10.6. The topological polar surface area (TPSA) is 28.7 Å². The van der Waals surface area contributed by atoms with E-state index in [0.717, 1.165) is 25.5 Å². The molecule has 0 fully saturated rings. The minimum Gasteiger partial charge on any atom is -0.348 e. The van der Waals surface area contributed by atoms with Gasteiger partial charge in [0.2, 0.25) is 0 Å². The van der Waals surface area contributed by atoms with Crippen LogP contribution in [0.3, 0.4) is 0 Å². The zero-order valence-corrected chi connectivity index (χ0v) is 12.4. The quantitative estimate of drug-likeness (QED) is 0.756.